The lowest BCUT2D eigenvalue weighted by Crippen LogP contribution is -2.62. The Labute approximate surface area is 202 Å². The van der Waals surface area contributed by atoms with E-state index < -0.39 is 0 Å². The van der Waals surface area contributed by atoms with Crippen molar-refractivity contribution in [3.8, 4) is 17.2 Å². The number of rotatable bonds is 3. The van der Waals surface area contributed by atoms with E-state index in [2.05, 4.69) is 36.4 Å². The molecule has 7 rings (SSSR count). The van der Waals surface area contributed by atoms with Gasteiger partial charge >= 0.3 is 0 Å². The van der Waals surface area contributed by atoms with Gasteiger partial charge in [-0.15, -0.1) is 0 Å². The summed E-state index contributed by atoms with van der Waals surface area (Å²) in [5, 5.41) is 30.7. The number of hydrogen-bond donors (Lipinski definition) is 3. The fraction of sp³-hybridized carbons (Fsp3) is 0.419. The zero-order valence-corrected chi connectivity index (χ0v) is 20.4. The molecule has 3 aromatic rings. The molecule has 0 spiro atoms. The van der Waals surface area contributed by atoms with E-state index in [-0.39, 0.29) is 16.2 Å². The molecule has 0 saturated heterocycles. The Bertz CT molecular complexity index is 1140. The molecule has 176 valence electrons. The van der Waals surface area contributed by atoms with Crippen molar-refractivity contribution in [1.82, 2.24) is 0 Å². The molecule has 0 amide bonds. The highest BCUT2D eigenvalue weighted by Gasteiger charge is 2.64. The van der Waals surface area contributed by atoms with Crippen LogP contribution in [0.4, 0.5) is 0 Å². The van der Waals surface area contributed by atoms with E-state index in [1.165, 1.54) is 36.0 Å². The minimum Gasteiger partial charge on any atom is -0.508 e. The number of aromatic hydroxyl groups is 3. The van der Waals surface area contributed by atoms with Crippen molar-refractivity contribution in [2.45, 2.75) is 75.5 Å². The number of benzene rings is 3. The third-order valence-corrected chi connectivity index (χ3v) is 9.50. The van der Waals surface area contributed by atoms with Crippen molar-refractivity contribution in [2.75, 3.05) is 0 Å². The third kappa shape index (κ3) is 3.02. The summed E-state index contributed by atoms with van der Waals surface area (Å²) in [5.41, 5.74) is 7.04. The van der Waals surface area contributed by atoms with Crippen LogP contribution in [0.3, 0.4) is 0 Å². The van der Waals surface area contributed by atoms with E-state index in [1.54, 1.807) is 0 Å². The van der Waals surface area contributed by atoms with Gasteiger partial charge in [0.1, 0.15) is 17.2 Å². The highest BCUT2D eigenvalue weighted by atomic mass is 16.3. The van der Waals surface area contributed by atoms with Crippen molar-refractivity contribution in [1.29, 1.82) is 0 Å². The maximum atomic E-state index is 10.2. The maximum absolute atomic E-state index is 10.2. The Hall–Kier alpha value is -2.94. The van der Waals surface area contributed by atoms with Gasteiger partial charge in [-0.1, -0.05) is 36.4 Å². The van der Waals surface area contributed by atoms with Crippen molar-refractivity contribution in [3.63, 3.8) is 0 Å². The molecule has 0 aliphatic heterocycles. The quantitative estimate of drug-likeness (QED) is 0.406. The van der Waals surface area contributed by atoms with E-state index in [0.29, 0.717) is 23.2 Å². The summed E-state index contributed by atoms with van der Waals surface area (Å²) in [7, 11) is 0. The van der Waals surface area contributed by atoms with E-state index in [4.69, 9.17) is 0 Å². The minimum absolute atomic E-state index is 0.0510. The van der Waals surface area contributed by atoms with Crippen LogP contribution in [0.5, 0.6) is 17.2 Å². The second-order valence-corrected chi connectivity index (χ2v) is 11.9. The van der Waals surface area contributed by atoms with E-state index in [9.17, 15) is 15.3 Å². The molecule has 3 aromatic carbocycles. The van der Waals surface area contributed by atoms with Crippen molar-refractivity contribution in [3.05, 3.63) is 88.0 Å². The zero-order chi connectivity index (χ0) is 23.9. The van der Waals surface area contributed by atoms with Gasteiger partial charge in [-0.05, 0) is 133 Å². The average molecular weight is 455 g/mol. The van der Waals surface area contributed by atoms with Gasteiger partial charge in [0.2, 0.25) is 0 Å². The van der Waals surface area contributed by atoms with Gasteiger partial charge in [-0.25, -0.2) is 0 Å². The van der Waals surface area contributed by atoms with Gasteiger partial charge in [-0.2, -0.15) is 0 Å². The fourth-order valence-electron chi connectivity index (χ4n) is 8.36. The first-order chi connectivity index (χ1) is 16.1. The average Bonchev–Trinajstić information content (AvgIpc) is 2.78. The lowest BCUT2D eigenvalue weighted by molar-refractivity contribution is -0.0494. The minimum atomic E-state index is 0.0510. The van der Waals surface area contributed by atoms with Gasteiger partial charge in [0, 0.05) is 0 Å². The molecule has 4 aliphatic rings. The van der Waals surface area contributed by atoms with Crippen LogP contribution >= 0.6 is 0 Å². The number of phenolic OH excluding ortho intramolecular Hbond substituents is 3. The first-order valence-corrected chi connectivity index (χ1v) is 12.5. The molecule has 0 atom stereocenters. The zero-order valence-electron chi connectivity index (χ0n) is 20.4. The first kappa shape index (κ1) is 21.6. The summed E-state index contributed by atoms with van der Waals surface area (Å²) in [4.78, 5) is 0. The SMILES string of the molecule is Cc1cc(C23CC4CC(c5ccc(O)c(C)c5)(C2)CC(c2ccc(O)c(C)c2)(C4)C3)ccc1O. The Morgan fingerprint density at radius 2 is 0.824 bits per heavy atom. The van der Waals surface area contributed by atoms with Crippen LogP contribution in [0, 0.1) is 26.7 Å². The summed E-state index contributed by atoms with van der Waals surface area (Å²) in [5.74, 6) is 1.71. The molecule has 0 heterocycles. The van der Waals surface area contributed by atoms with Crippen LogP contribution < -0.4 is 0 Å². The summed E-state index contributed by atoms with van der Waals surface area (Å²) < 4.78 is 0. The van der Waals surface area contributed by atoms with Gasteiger partial charge in [0.25, 0.3) is 0 Å². The Morgan fingerprint density at radius 1 is 0.529 bits per heavy atom. The van der Waals surface area contributed by atoms with Crippen molar-refractivity contribution in [2.24, 2.45) is 5.92 Å². The summed E-state index contributed by atoms with van der Waals surface area (Å²) in [6.07, 6.45) is 6.87. The molecule has 4 fully saturated rings. The molecular formula is C31H34O3. The van der Waals surface area contributed by atoms with Crippen molar-refractivity contribution < 1.29 is 15.3 Å². The lowest BCUT2D eigenvalue weighted by atomic mass is 9.36. The lowest BCUT2D eigenvalue weighted by Gasteiger charge is -2.67. The summed E-state index contributed by atoms with van der Waals surface area (Å²) in [6, 6.07) is 18.7. The van der Waals surface area contributed by atoms with Crippen LogP contribution in [-0.4, -0.2) is 15.3 Å². The highest BCUT2D eigenvalue weighted by Crippen LogP contribution is 2.71. The largest absolute Gasteiger partial charge is 0.508 e. The van der Waals surface area contributed by atoms with Crippen LogP contribution in [0.25, 0.3) is 0 Å². The number of phenols is 3. The molecule has 0 aromatic heterocycles. The van der Waals surface area contributed by atoms with Gasteiger partial charge in [-0.3, -0.25) is 0 Å². The molecule has 0 radical (unpaired) electrons. The molecule has 4 saturated carbocycles. The topological polar surface area (TPSA) is 60.7 Å². The highest BCUT2D eigenvalue weighted by molar-refractivity contribution is 5.49. The molecular weight excluding hydrogens is 420 g/mol. The van der Waals surface area contributed by atoms with Crippen LogP contribution in [-0.2, 0) is 16.2 Å². The Kier molecular flexibility index (Phi) is 4.47. The maximum Gasteiger partial charge on any atom is 0.118 e. The van der Waals surface area contributed by atoms with E-state index in [0.717, 1.165) is 36.0 Å². The standard InChI is InChI=1S/C31H34O3/c1-19-10-23(4-7-26(19)32)29-13-22-14-30(16-29,24-5-8-27(33)20(2)11-24)18-31(15-22,17-29)25-6-9-28(34)21(3)12-25/h4-12,22,32-34H,13-18H2,1-3H3. The van der Waals surface area contributed by atoms with Gasteiger partial charge < -0.3 is 15.3 Å². The Morgan fingerprint density at radius 3 is 1.09 bits per heavy atom. The van der Waals surface area contributed by atoms with Crippen LogP contribution in [0.1, 0.15) is 71.9 Å². The van der Waals surface area contributed by atoms with E-state index >= 15 is 0 Å². The summed E-state index contributed by atoms with van der Waals surface area (Å²) in [6.45, 7) is 5.99. The van der Waals surface area contributed by atoms with Gasteiger partial charge in [0.05, 0.1) is 0 Å². The summed E-state index contributed by atoms with van der Waals surface area (Å²) >= 11 is 0. The molecule has 3 N–H and O–H groups in total. The third-order valence-electron chi connectivity index (χ3n) is 9.50. The van der Waals surface area contributed by atoms with Gasteiger partial charge in [0.15, 0.2) is 0 Å². The molecule has 4 aliphatic carbocycles. The molecule has 3 nitrogen and oxygen atoms in total. The predicted octanol–water partition coefficient (Wildman–Crippen LogP) is 6.84. The second kappa shape index (κ2) is 7.04. The first-order valence-electron chi connectivity index (χ1n) is 12.5. The smallest absolute Gasteiger partial charge is 0.118 e. The molecule has 3 heteroatoms. The van der Waals surface area contributed by atoms with Crippen LogP contribution in [0.2, 0.25) is 0 Å². The Balaban J connectivity index is 1.56. The molecule has 0 unspecified atom stereocenters. The van der Waals surface area contributed by atoms with Crippen LogP contribution in [0.15, 0.2) is 54.6 Å². The second-order valence-electron chi connectivity index (χ2n) is 11.9. The monoisotopic (exact) mass is 454 g/mol. The molecule has 4 bridgehead atoms. The predicted molar refractivity (Wildman–Crippen MR) is 135 cm³/mol. The normalized spacial score (nSPS) is 31.7. The molecule has 34 heavy (non-hydrogen) atoms. The fourth-order valence-corrected chi connectivity index (χ4v) is 8.36. The number of hydrogen-bond acceptors (Lipinski definition) is 3. The number of aryl methyl sites for hydroxylation is 3. The van der Waals surface area contributed by atoms with E-state index in [1.807, 2.05) is 39.0 Å². The van der Waals surface area contributed by atoms with Crippen molar-refractivity contribution >= 4 is 0 Å².